The number of halogens is 4. The highest BCUT2D eigenvalue weighted by atomic mass is 127. The highest BCUT2D eigenvalue weighted by molar-refractivity contribution is 14.0. The second-order valence-corrected chi connectivity index (χ2v) is 7.98. The molecule has 0 aliphatic carbocycles. The Hall–Kier alpha value is -1.27. The van der Waals surface area contributed by atoms with E-state index in [1.54, 1.807) is 13.1 Å². The molecule has 1 N–H and O–H groups in total. The number of alkyl halides is 3. The Bertz CT molecular complexity index is 707. The summed E-state index contributed by atoms with van der Waals surface area (Å²) in [6.45, 7) is 6.67. The van der Waals surface area contributed by atoms with E-state index >= 15 is 0 Å². The van der Waals surface area contributed by atoms with Gasteiger partial charge < -0.3 is 24.6 Å². The van der Waals surface area contributed by atoms with Crippen LogP contribution in [0.3, 0.4) is 0 Å². The van der Waals surface area contributed by atoms with Gasteiger partial charge in [0, 0.05) is 71.9 Å². The third-order valence-electron chi connectivity index (χ3n) is 5.77. The molecule has 2 fully saturated rings. The van der Waals surface area contributed by atoms with Gasteiger partial charge in [0.1, 0.15) is 0 Å². The summed E-state index contributed by atoms with van der Waals surface area (Å²) in [6, 6.07) is 5.54. The van der Waals surface area contributed by atoms with E-state index in [2.05, 4.69) is 15.2 Å². The number of rotatable bonds is 7. The molecule has 2 aliphatic heterocycles. The molecule has 10 heteroatoms. The predicted octanol–water partition coefficient (Wildman–Crippen LogP) is 3.85. The van der Waals surface area contributed by atoms with Crippen LogP contribution in [0.4, 0.5) is 18.9 Å². The van der Waals surface area contributed by atoms with E-state index in [1.807, 2.05) is 4.90 Å². The molecule has 0 saturated carbocycles. The van der Waals surface area contributed by atoms with Crippen molar-refractivity contribution in [2.75, 3.05) is 71.1 Å². The van der Waals surface area contributed by atoms with Gasteiger partial charge in [0.25, 0.3) is 0 Å². The van der Waals surface area contributed by atoms with Crippen LogP contribution in [0, 0.1) is 5.92 Å². The summed E-state index contributed by atoms with van der Waals surface area (Å²) in [6.07, 6.45) is -1.26. The van der Waals surface area contributed by atoms with Crippen LogP contribution in [-0.2, 0) is 15.7 Å². The molecule has 0 spiro atoms. The van der Waals surface area contributed by atoms with Crippen LogP contribution in [-0.4, -0.2) is 77.1 Å². The zero-order valence-corrected chi connectivity index (χ0v) is 20.9. The molecule has 2 saturated heterocycles. The quantitative estimate of drug-likeness (QED) is 0.234. The number of ether oxygens (including phenoxy) is 2. The molecule has 182 valence electrons. The summed E-state index contributed by atoms with van der Waals surface area (Å²) in [4.78, 5) is 8.49. The monoisotopic (exact) mass is 570 g/mol. The lowest BCUT2D eigenvalue weighted by molar-refractivity contribution is -0.137. The van der Waals surface area contributed by atoms with E-state index in [0.29, 0.717) is 44.4 Å². The van der Waals surface area contributed by atoms with Gasteiger partial charge in [-0.15, -0.1) is 24.0 Å². The standard InChI is InChI=1S/C22H33F3N4O2.HI/c1-26-21(27-8-3-13-31-17-18-6-14-30-15-7-18)29-11-9-28(10-12-29)20-5-2-4-19(16-20)22(23,24)25;/h2,4-5,16,18H,3,6-15,17H2,1H3,(H,26,27);1H. The fourth-order valence-electron chi connectivity index (χ4n) is 3.93. The Balaban J connectivity index is 0.00000363. The number of aliphatic imine (C=N–C) groups is 1. The maximum Gasteiger partial charge on any atom is 0.416 e. The maximum atomic E-state index is 13.0. The van der Waals surface area contributed by atoms with Gasteiger partial charge in [0.2, 0.25) is 0 Å². The van der Waals surface area contributed by atoms with Crippen molar-refractivity contribution in [1.82, 2.24) is 10.2 Å². The van der Waals surface area contributed by atoms with Crippen LogP contribution in [0.15, 0.2) is 29.3 Å². The molecule has 0 unspecified atom stereocenters. The van der Waals surface area contributed by atoms with Crippen molar-refractivity contribution in [2.45, 2.75) is 25.4 Å². The van der Waals surface area contributed by atoms with Crippen LogP contribution in [0.5, 0.6) is 0 Å². The summed E-state index contributed by atoms with van der Waals surface area (Å²) in [5.74, 6) is 1.44. The topological polar surface area (TPSA) is 49.3 Å². The van der Waals surface area contributed by atoms with E-state index in [9.17, 15) is 13.2 Å². The molecule has 0 radical (unpaired) electrons. The highest BCUT2D eigenvalue weighted by Crippen LogP contribution is 2.31. The number of hydrogen-bond donors (Lipinski definition) is 1. The van der Waals surface area contributed by atoms with E-state index in [0.717, 1.165) is 57.7 Å². The summed E-state index contributed by atoms with van der Waals surface area (Å²) >= 11 is 0. The molecule has 0 bridgehead atoms. The third-order valence-corrected chi connectivity index (χ3v) is 5.77. The van der Waals surface area contributed by atoms with E-state index < -0.39 is 11.7 Å². The van der Waals surface area contributed by atoms with Gasteiger partial charge in [0.05, 0.1) is 5.56 Å². The molecular weight excluding hydrogens is 536 g/mol. The summed E-state index contributed by atoms with van der Waals surface area (Å²) < 4.78 is 50.1. The van der Waals surface area contributed by atoms with Gasteiger partial charge >= 0.3 is 6.18 Å². The summed E-state index contributed by atoms with van der Waals surface area (Å²) in [7, 11) is 1.75. The van der Waals surface area contributed by atoms with Crippen LogP contribution < -0.4 is 10.2 Å². The number of piperazine rings is 1. The minimum atomic E-state index is -4.32. The Morgan fingerprint density at radius 1 is 1.19 bits per heavy atom. The molecule has 0 amide bonds. The Kier molecular flexibility index (Phi) is 11.3. The largest absolute Gasteiger partial charge is 0.416 e. The Labute approximate surface area is 205 Å². The number of benzene rings is 1. The van der Waals surface area contributed by atoms with E-state index in [4.69, 9.17) is 9.47 Å². The highest BCUT2D eigenvalue weighted by Gasteiger charge is 2.31. The predicted molar refractivity (Wildman–Crippen MR) is 131 cm³/mol. The van der Waals surface area contributed by atoms with Gasteiger partial charge in [0.15, 0.2) is 5.96 Å². The van der Waals surface area contributed by atoms with Crippen molar-refractivity contribution in [3.8, 4) is 0 Å². The van der Waals surface area contributed by atoms with E-state index in [1.165, 1.54) is 12.1 Å². The lowest BCUT2D eigenvalue weighted by Gasteiger charge is -2.37. The second kappa shape index (κ2) is 13.4. The maximum absolute atomic E-state index is 13.0. The smallest absolute Gasteiger partial charge is 0.381 e. The number of nitrogens with zero attached hydrogens (tertiary/aromatic N) is 3. The van der Waals surface area contributed by atoms with Gasteiger partial charge in [-0.1, -0.05) is 6.07 Å². The summed E-state index contributed by atoms with van der Waals surface area (Å²) in [5, 5.41) is 3.37. The molecule has 0 atom stereocenters. The average molecular weight is 570 g/mol. The molecule has 6 nitrogen and oxygen atoms in total. The van der Waals surface area contributed by atoms with Gasteiger partial charge in [-0.05, 0) is 43.4 Å². The van der Waals surface area contributed by atoms with Crippen molar-refractivity contribution >= 4 is 35.6 Å². The van der Waals surface area contributed by atoms with Crippen molar-refractivity contribution in [2.24, 2.45) is 10.9 Å². The van der Waals surface area contributed by atoms with Crippen LogP contribution in [0.2, 0.25) is 0 Å². The van der Waals surface area contributed by atoms with Crippen molar-refractivity contribution in [3.63, 3.8) is 0 Å². The normalized spacial score (nSPS) is 18.4. The minimum absolute atomic E-state index is 0. The number of hydrogen-bond acceptors (Lipinski definition) is 4. The number of anilines is 1. The zero-order valence-electron chi connectivity index (χ0n) is 18.6. The lowest BCUT2D eigenvalue weighted by Crippen LogP contribution is -2.52. The first-order valence-corrected chi connectivity index (χ1v) is 11.0. The Morgan fingerprint density at radius 3 is 2.56 bits per heavy atom. The summed E-state index contributed by atoms with van der Waals surface area (Å²) in [5.41, 5.74) is 0.00282. The molecular formula is C22H34F3IN4O2. The zero-order chi connectivity index (χ0) is 22.1. The molecule has 32 heavy (non-hydrogen) atoms. The SMILES string of the molecule is CN=C(NCCCOCC1CCOCC1)N1CCN(c2cccc(C(F)(F)F)c2)CC1.I. The Morgan fingerprint density at radius 2 is 1.91 bits per heavy atom. The van der Waals surface area contributed by atoms with Gasteiger partial charge in [-0.3, -0.25) is 4.99 Å². The third kappa shape index (κ3) is 8.26. The van der Waals surface area contributed by atoms with Crippen molar-refractivity contribution in [1.29, 1.82) is 0 Å². The first-order valence-electron chi connectivity index (χ1n) is 11.0. The van der Waals surface area contributed by atoms with Crippen molar-refractivity contribution in [3.05, 3.63) is 29.8 Å². The van der Waals surface area contributed by atoms with Crippen LogP contribution >= 0.6 is 24.0 Å². The van der Waals surface area contributed by atoms with Gasteiger partial charge in [-0.2, -0.15) is 13.2 Å². The number of nitrogens with one attached hydrogen (secondary N) is 1. The molecule has 1 aromatic rings. The van der Waals surface area contributed by atoms with Crippen LogP contribution in [0.25, 0.3) is 0 Å². The molecule has 1 aromatic carbocycles. The average Bonchev–Trinajstić information content (AvgIpc) is 2.79. The molecule has 2 heterocycles. The second-order valence-electron chi connectivity index (χ2n) is 7.98. The first-order chi connectivity index (χ1) is 15.0. The van der Waals surface area contributed by atoms with Gasteiger partial charge in [-0.25, -0.2) is 0 Å². The molecule has 2 aliphatic rings. The fraction of sp³-hybridized carbons (Fsp3) is 0.682. The minimum Gasteiger partial charge on any atom is -0.381 e. The first kappa shape index (κ1) is 27.0. The van der Waals surface area contributed by atoms with E-state index in [-0.39, 0.29) is 24.0 Å². The number of guanidine groups is 1. The molecule has 0 aromatic heterocycles. The molecule has 3 rings (SSSR count). The van der Waals surface area contributed by atoms with Crippen molar-refractivity contribution < 1.29 is 22.6 Å². The van der Waals surface area contributed by atoms with Crippen LogP contribution in [0.1, 0.15) is 24.8 Å². The fourth-order valence-corrected chi connectivity index (χ4v) is 3.93. The lowest BCUT2D eigenvalue weighted by atomic mass is 10.0.